The summed E-state index contributed by atoms with van der Waals surface area (Å²) in [6.45, 7) is 0. The van der Waals surface area contributed by atoms with Gasteiger partial charge in [-0.15, -0.1) is 10.2 Å². The van der Waals surface area contributed by atoms with Gasteiger partial charge < -0.3 is 4.42 Å². The molecule has 0 radical (unpaired) electrons. The Morgan fingerprint density at radius 3 is 2.79 bits per heavy atom. The molecule has 0 saturated heterocycles. The summed E-state index contributed by atoms with van der Waals surface area (Å²) in [5.74, 6) is 1.20. The predicted octanol–water partition coefficient (Wildman–Crippen LogP) is 4.98. The van der Waals surface area contributed by atoms with Crippen LogP contribution in [0.25, 0.3) is 17.1 Å². The van der Waals surface area contributed by atoms with E-state index in [0.717, 1.165) is 11.3 Å². The molecule has 0 fully saturated rings. The minimum Gasteiger partial charge on any atom is -0.444 e. The Bertz CT molecular complexity index is 1000. The van der Waals surface area contributed by atoms with Crippen molar-refractivity contribution in [3.63, 3.8) is 0 Å². The molecule has 0 saturated carbocycles. The van der Waals surface area contributed by atoms with Crippen molar-refractivity contribution in [3.8, 4) is 11.5 Å². The first-order valence-corrected chi connectivity index (χ1v) is 8.77. The summed E-state index contributed by atoms with van der Waals surface area (Å²) < 4.78 is 7.31. The van der Waals surface area contributed by atoms with E-state index in [0.29, 0.717) is 32.5 Å². The normalized spacial score (nSPS) is 11.2. The van der Waals surface area contributed by atoms with Gasteiger partial charge in [0.2, 0.25) is 5.89 Å². The van der Waals surface area contributed by atoms with Crippen LogP contribution in [0.15, 0.2) is 58.4 Å². The average Bonchev–Trinajstić information content (AvgIpc) is 3.21. The van der Waals surface area contributed by atoms with Crippen molar-refractivity contribution in [3.05, 3.63) is 64.6 Å². The molecule has 120 valence electrons. The van der Waals surface area contributed by atoms with Crippen LogP contribution in [0.4, 0.5) is 0 Å². The van der Waals surface area contributed by atoms with E-state index in [-0.39, 0.29) is 0 Å². The van der Waals surface area contributed by atoms with Crippen molar-refractivity contribution in [1.29, 1.82) is 0 Å². The number of thioether (sulfide) groups is 1. The molecule has 0 aliphatic heterocycles. The van der Waals surface area contributed by atoms with E-state index in [1.165, 1.54) is 11.8 Å². The van der Waals surface area contributed by atoms with E-state index in [1.54, 1.807) is 22.9 Å². The van der Waals surface area contributed by atoms with Gasteiger partial charge in [0.05, 0.1) is 15.7 Å². The van der Waals surface area contributed by atoms with Crippen LogP contribution < -0.4 is 0 Å². The van der Waals surface area contributed by atoms with E-state index < -0.39 is 0 Å². The highest BCUT2D eigenvalue weighted by Crippen LogP contribution is 2.27. The third-order valence-corrected chi connectivity index (χ3v) is 4.78. The number of aromatic nitrogens is 4. The molecule has 4 aromatic rings. The second kappa shape index (κ2) is 6.47. The van der Waals surface area contributed by atoms with Gasteiger partial charge in [0.25, 0.3) is 0 Å². The van der Waals surface area contributed by atoms with Gasteiger partial charge in [0.1, 0.15) is 6.26 Å². The molecule has 8 heteroatoms. The second-order valence-corrected chi connectivity index (χ2v) is 6.77. The van der Waals surface area contributed by atoms with E-state index >= 15 is 0 Å². The van der Waals surface area contributed by atoms with E-state index in [9.17, 15) is 0 Å². The molecule has 5 nitrogen and oxygen atoms in total. The molecule has 0 aliphatic rings. The topological polar surface area (TPSA) is 56.2 Å². The minimum absolute atomic E-state index is 0.467. The van der Waals surface area contributed by atoms with Crippen LogP contribution in [-0.4, -0.2) is 19.6 Å². The van der Waals surface area contributed by atoms with Gasteiger partial charge in [-0.2, -0.15) is 0 Å². The van der Waals surface area contributed by atoms with Crippen LogP contribution in [0, 0.1) is 0 Å². The summed E-state index contributed by atoms with van der Waals surface area (Å²) >= 11 is 13.6. The summed E-state index contributed by atoms with van der Waals surface area (Å²) in [5.41, 5.74) is 2.35. The molecule has 0 bridgehead atoms. The number of halogens is 2. The Morgan fingerprint density at radius 1 is 1.12 bits per heavy atom. The number of fused-ring (bicyclic) bond motifs is 1. The van der Waals surface area contributed by atoms with Gasteiger partial charge in [0, 0.05) is 17.5 Å². The molecule has 1 aromatic carbocycles. The fraction of sp³-hybridized carbons (Fsp3) is 0.0625. The summed E-state index contributed by atoms with van der Waals surface area (Å²) in [5, 5.41) is 9.92. The zero-order valence-corrected chi connectivity index (χ0v) is 14.5. The zero-order chi connectivity index (χ0) is 16.5. The third-order valence-electron chi connectivity index (χ3n) is 3.32. The fourth-order valence-corrected chi connectivity index (χ4v) is 3.52. The molecule has 3 aromatic heterocycles. The van der Waals surface area contributed by atoms with Crippen LogP contribution in [0.1, 0.15) is 5.69 Å². The van der Waals surface area contributed by atoms with E-state index in [1.807, 2.05) is 30.3 Å². The monoisotopic (exact) mass is 376 g/mol. The summed E-state index contributed by atoms with van der Waals surface area (Å²) in [7, 11) is 0. The number of rotatable bonds is 4. The third kappa shape index (κ3) is 3.00. The highest BCUT2D eigenvalue weighted by molar-refractivity contribution is 7.98. The van der Waals surface area contributed by atoms with Crippen molar-refractivity contribution in [2.75, 3.05) is 0 Å². The van der Waals surface area contributed by atoms with Crippen LogP contribution in [0.5, 0.6) is 0 Å². The van der Waals surface area contributed by atoms with Gasteiger partial charge in [-0.3, -0.25) is 4.40 Å². The van der Waals surface area contributed by atoms with Crippen LogP contribution in [0.3, 0.4) is 0 Å². The van der Waals surface area contributed by atoms with Gasteiger partial charge in [-0.1, -0.05) is 53.2 Å². The lowest BCUT2D eigenvalue weighted by Crippen LogP contribution is -1.89. The Labute approximate surface area is 151 Å². The van der Waals surface area contributed by atoms with Crippen LogP contribution in [-0.2, 0) is 5.75 Å². The maximum atomic E-state index is 6.12. The standard InChI is InChI=1S/C16H10Cl2N4OS/c17-11-6-13(18)14-20-21-16(22(14)7-11)24-9-12-8-23-15(19-12)10-4-2-1-3-5-10/h1-8H,9H2. The summed E-state index contributed by atoms with van der Waals surface area (Å²) in [6.07, 6.45) is 3.39. The molecule has 24 heavy (non-hydrogen) atoms. The van der Waals surface area contributed by atoms with Crippen LogP contribution in [0.2, 0.25) is 10.0 Å². The Kier molecular flexibility index (Phi) is 4.18. The molecule has 0 aliphatic carbocycles. The number of nitrogens with zero attached hydrogens (tertiary/aromatic N) is 4. The molecule has 0 atom stereocenters. The lowest BCUT2D eigenvalue weighted by Gasteiger charge is -2.00. The minimum atomic E-state index is 0.467. The first-order chi connectivity index (χ1) is 11.7. The molecular weight excluding hydrogens is 367 g/mol. The maximum Gasteiger partial charge on any atom is 0.226 e. The first-order valence-electron chi connectivity index (χ1n) is 7.03. The average molecular weight is 377 g/mol. The van der Waals surface area contributed by atoms with Crippen molar-refractivity contribution >= 4 is 40.6 Å². The van der Waals surface area contributed by atoms with Crippen molar-refractivity contribution in [2.24, 2.45) is 0 Å². The van der Waals surface area contributed by atoms with Gasteiger partial charge >= 0.3 is 0 Å². The molecule has 0 N–H and O–H groups in total. The van der Waals surface area contributed by atoms with Gasteiger partial charge in [-0.25, -0.2) is 4.98 Å². The Balaban J connectivity index is 1.55. The van der Waals surface area contributed by atoms with Gasteiger partial charge in [-0.05, 0) is 18.2 Å². The first kappa shape index (κ1) is 15.5. The maximum absolute atomic E-state index is 6.12. The quantitative estimate of drug-likeness (QED) is 0.470. The van der Waals surface area contributed by atoms with Crippen molar-refractivity contribution < 1.29 is 4.42 Å². The number of hydrogen-bond acceptors (Lipinski definition) is 5. The van der Waals surface area contributed by atoms with Crippen LogP contribution >= 0.6 is 35.0 Å². The molecule has 4 rings (SSSR count). The summed E-state index contributed by atoms with van der Waals surface area (Å²) in [4.78, 5) is 4.50. The van der Waals surface area contributed by atoms with Crippen molar-refractivity contribution in [1.82, 2.24) is 19.6 Å². The number of pyridine rings is 1. The Morgan fingerprint density at radius 2 is 1.96 bits per heavy atom. The number of benzene rings is 1. The number of oxazole rings is 1. The Hall–Kier alpha value is -2.02. The van der Waals surface area contributed by atoms with E-state index in [2.05, 4.69) is 15.2 Å². The smallest absolute Gasteiger partial charge is 0.226 e. The zero-order valence-electron chi connectivity index (χ0n) is 12.2. The largest absolute Gasteiger partial charge is 0.444 e. The SMILES string of the molecule is Clc1cc(Cl)c2nnc(SCc3coc(-c4ccccc4)n3)n2c1. The second-order valence-electron chi connectivity index (χ2n) is 4.98. The highest BCUT2D eigenvalue weighted by Gasteiger charge is 2.12. The number of hydrogen-bond donors (Lipinski definition) is 0. The highest BCUT2D eigenvalue weighted by atomic mass is 35.5. The fourth-order valence-electron chi connectivity index (χ4n) is 2.23. The lowest BCUT2D eigenvalue weighted by molar-refractivity contribution is 0.573. The summed E-state index contributed by atoms with van der Waals surface area (Å²) in [6, 6.07) is 11.4. The van der Waals surface area contributed by atoms with Crippen molar-refractivity contribution in [2.45, 2.75) is 10.9 Å². The lowest BCUT2D eigenvalue weighted by atomic mass is 10.2. The molecule has 3 heterocycles. The molecule has 0 spiro atoms. The predicted molar refractivity (Wildman–Crippen MR) is 94.5 cm³/mol. The van der Waals surface area contributed by atoms with E-state index in [4.69, 9.17) is 27.6 Å². The molecule has 0 amide bonds. The molecular formula is C16H10Cl2N4OS. The van der Waals surface area contributed by atoms with Gasteiger partial charge in [0.15, 0.2) is 10.8 Å². The molecule has 0 unspecified atom stereocenters.